The van der Waals surface area contributed by atoms with Crippen molar-refractivity contribution in [2.24, 2.45) is 17.3 Å². The highest BCUT2D eigenvalue weighted by Gasteiger charge is 2.42. The van der Waals surface area contributed by atoms with E-state index in [1.807, 2.05) is 13.8 Å². The predicted molar refractivity (Wildman–Crippen MR) is 66.1 cm³/mol. The second-order valence-electron chi connectivity index (χ2n) is 5.47. The Bertz CT molecular complexity index is 298. The van der Waals surface area contributed by atoms with Crippen LogP contribution in [0.3, 0.4) is 0 Å². The van der Waals surface area contributed by atoms with E-state index in [2.05, 4.69) is 6.07 Å². The number of nitriles is 1. The Morgan fingerprint density at radius 2 is 2.00 bits per heavy atom. The van der Waals surface area contributed by atoms with Crippen LogP contribution in [0.25, 0.3) is 0 Å². The molecule has 1 aliphatic carbocycles. The summed E-state index contributed by atoms with van der Waals surface area (Å²) in [5.74, 6) is -0.526. The molecule has 1 fully saturated rings. The van der Waals surface area contributed by atoms with Gasteiger partial charge in [0.1, 0.15) is 5.92 Å². The summed E-state index contributed by atoms with van der Waals surface area (Å²) in [6, 6.07) is 2.15. The van der Waals surface area contributed by atoms with E-state index in [4.69, 9.17) is 4.74 Å². The standard InChI is InChI=1S/C14H23NO2/c1-4-17-13(16)12(10-15)14(2,3)11-8-6-5-7-9-11/h11-12H,4-9H2,1-3H3. The molecule has 1 saturated carbocycles. The highest BCUT2D eigenvalue weighted by Crippen LogP contribution is 2.43. The number of hydrogen-bond donors (Lipinski definition) is 0. The van der Waals surface area contributed by atoms with Gasteiger partial charge in [-0.25, -0.2) is 0 Å². The quantitative estimate of drug-likeness (QED) is 0.705. The number of hydrogen-bond acceptors (Lipinski definition) is 3. The van der Waals surface area contributed by atoms with Crippen molar-refractivity contribution in [3.63, 3.8) is 0 Å². The van der Waals surface area contributed by atoms with Crippen molar-refractivity contribution in [2.45, 2.75) is 52.9 Å². The Morgan fingerprint density at radius 1 is 1.41 bits per heavy atom. The fraction of sp³-hybridized carbons (Fsp3) is 0.857. The molecule has 0 saturated heterocycles. The van der Waals surface area contributed by atoms with Crippen LogP contribution in [0.15, 0.2) is 0 Å². The summed E-state index contributed by atoms with van der Waals surface area (Å²) >= 11 is 0. The Morgan fingerprint density at radius 3 is 2.47 bits per heavy atom. The second-order valence-corrected chi connectivity index (χ2v) is 5.47. The van der Waals surface area contributed by atoms with Crippen molar-refractivity contribution in [2.75, 3.05) is 6.61 Å². The van der Waals surface area contributed by atoms with E-state index in [0.717, 1.165) is 12.8 Å². The number of esters is 1. The van der Waals surface area contributed by atoms with Gasteiger partial charge in [0.15, 0.2) is 0 Å². The van der Waals surface area contributed by atoms with Gasteiger partial charge in [-0.2, -0.15) is 5.26 Å². The molecule has 0 spiro atoms. The summed E-state index contributed by atoms with van der Waals surface area (Å²) < 4.78 is 5.01. The molecule has 0 aromatic rings. The lowest BCUT2D eigenvalue weighted by molar-refractivity contribution is -0.151. The third-order valence-corrected chi connectivity index (χ3v) is 4.05. The summed E-state index contributed by atoms with van der Waals surface area (Å²) in [5.41, 5.74) is -0.276. The highest BCUT2D eigenvalue weighted by molar-refractivity contribution is 5.76. The fourth-order valence-electron chi connectivity index (χ4n) is 2.83. The maximum Gasteiger partial charge on any atom is 0.323 e. The van der Waals surface area contributed by atoms with Gasteiger partial charge < -0.3 is 4.74 Å². The lowest BCUT2D eigenvalue weighted by Crippen LogP contribution is -2.38. The van der Waals surface area contributed by atoms with E-state index in [1.54, 1.807) is 6.92 Å². The van der Waals surface area contributed by atoms with Crippen molar-refractivity contribution in [1.29, 1.82) is 5.26 Å². The molecule has 0 aliphatic heterocycles. The molecule has 0 N–H and O–H groups in total. The molecule has 0 aromatic carbocycles. The third-order valence-electron chi connectivity index (χ3n) is 4.05. The minimum Gasteiger partial charge on any atom is -0.465 e. The van der Waals surface area contributed by atoms with Crippen molar-refractivity contribution in [3.8, 4) is 6.07 Å². The highest BCUT2D eigenvalue weighted by atomic mass is 16.5. The SMILES string of the molecule is CCOC(=O)C(C#N)C(C)(C)C1CCCCC1. The van der Waals surface area contributed by atoms with Crippen molar-refractivity contribution < 1.29 is 9.53 Å². The van der Waals surface area contributed by atoms with E-state index in [9.17, 15) is 10.1 Å². The molecule has 0 amide bonds. The molecule has 3 nitrogen and oxygen atoms in total. The zero-order valence-electron chi connectivity index (χ0n) is 11.2. The van der Waals surface area contributed by atoms with Crippen LogP contribution in [0, 0.1) is 28.6 Å². The van der Waals surface area contributed by atoms with Crippen LogP contribution < -0.4 is 0 Å². The Hall–Kier alpha value is -1.04. The van der Waals surface area contributed by atoms with Gasteiger partial charge in [0, 0.05) is 0 Å². The van der Waals surface area contributed by atoms with Crippen LogP contribution in [0.5, 0.6) is 0 Å². The third kappa shape index (κ3) is 3.21. The minimum atomic E-state index is -0.634. The van der Waals surface area contributed by atoms with E-state index in [-0.39, 0.29) is 11.4 Å². The average Bonchev–Trinajstić information content (AvgIpc) is 2.31. The monoisotopic (exact) mass is 237 g/mol. The Labute approximate surface area is 104 Å². The minimum absolute atomic E-state index is 0.276. The van der Waals surface area contributed by atoms with Gasteiger partial charge in [-0.1, -0.05) is 33.1 Å². The molecule has 0 aromatic heterocycles. The predicted octanol–water partition coefficient (Wildman–Crippen LogP) is 3.30. The van der Waals surface area contributed by atoms with Gasteiger partial charge in [0.05, 0.1) is 12.7 Å². The first kappa shape index (κ1) is 14.0. The first-order valence-electron chi connectivity index (χ1n) is 6.60. The molecule has 1 rings (SSSR count). The molecule has 0 heterocycles. The van der Waals surface area contributed by atoms with E-state index >= 15 is 0 Å². The molecular formula is C14H23NO2. The maximum absolute atomic E-state index is 11.8. The van der Waals surface area contributed by atoms with Crippen LogP contribution in [-0.4, -0.2) is 12.6 Å². The van der Waals surface area contributed by atoms with Crippen molar-refractivity contribution in [3.05, 3.63) is 0 Å². The molecule has 1 unspecified atom stereocenters. The molecule has 17 heavy (non-hydrogen) atoms. The van der Waals surface area contributed by atoms with Gasteiger partial charge in [-0.05, 0) is 31.1 Å². The average molecular weight is 237 g/mol. The lowest BCUT2D eigenvalue weighted by Gasteiger charge is -2.38. The van der Waals surface area contributed by atoms with Gasteiger partial charge in [-0.15, -0.1) is 0 Å². The summed E-state index contributed by atoms with van der Waals surface area (Å²) in [6.45, 7) is 6.19. The van der Waals surface area contributed by atoms with Crippen LogP contribution in [-0.2, 0) is 9.53 Å². The molecule has 3 heteroatoms. The maximum atomic E-state index is 11.8. The molecular weight excluding hydrogens is 214 g/mol. The zero-order chi connectivity index (χ0) is 12.9. The van der Waals surface area contributed by atoms with Crippen molar-refractivity contribution >= 4 is 5.97 Å². The zero-order valence-corrected chi connectivity index (χ0v) is 11.2. The number of ether oxygens (including phenoxy) is 1. The van der Waals surface area contributed by atoms with Crippen molar-refractivity contribution in [1.82, 2.24) is 0 Å². The van der Waals surface area contributed by atoms with Gasteiger partial charge in [0.25, 0.3) is 0 Å². The number of carbonyl (C=O) groups is 1. The Kier molecular flexibility index (Phi) is 4.99. The van der Waals surface area contributed by atoms with E-state index in [1.165, 1.54) is 19.3 Å². The normalized spacial score (nSPS) is 19.4. The molecule has 1 atom stereocenters. The fourth-order valence-corrected chi connectivity index (χ4v) is 2.83. The smallest absolute Gasteiger partial charge is 0.323 e. The molecule has 1 aliphatic rings. The van der Waals surface area contributed by atoms with Crippen LogP contribution in [0.4, 0.5) is 0 Å². The molecule has 0 bridgehead atoms. The first-order valence-corrected chi connectivity index (χ1v) is 6.60. The largest absolute Gasteiger partial charge is 0.465 e. The second kappa shape index (κ2) is 6.05. The number of carbonyl (C=O) groups excluding carboxylic acids is 1. The van der Waals surface area contributed by atoms with Gasteiger partial charge >= 0.3 is 5.97 Å². The topological polar surface area (TPSA) is 50.1 Å². The lowest BCUT2D eigenvalue weighted by atomic mass is 9.65. The van der Waals surface area contributed by atoms with Crippen LogP contribution in [0.2, 0.25) is 0 Å². The summed E-state index contributed by atoms with van der Waals surface area (Å²) in [6.07, 6.45) is 5.97. The van der Waals surface area contributed by atoms with E-state index in [0.29, 0.717) is 12.5 Å². The van der Waals surface area contributed by atoms with Crippen LogP contribution in [0.1, 0.15) is 52.9 Å². The van der Waals surface area contributed by atoms with Crippen LogP contribution >= 0.6 is 0 Å². The summed E-state index contributed by atoms with van der Waals surface area (Å²) in [5, 5.41) is 9.24. The summed E-state index contributed by atoms with van der Waals surface area (Å²) in [7, 11) is 0. The number of rotatable bonds is 4. The summed E-state index contributed by atoms with van der Waals surface area (Å²) in [4.78, 5) is 11.8. The first-order chi connectivity index (χ1) is 8.04. The van der Waals surface area contributed by atoms with Gasteiger partial charge in [0.2, 0.25) is 0 Å². The van der Waals surface area contributed by atoms with E-state index < -0.39 is 5.92 Å². The Balaban J connectivity index is 2.77. The molecule has 0 radical (unpaired) electrons. The molecule has 96 valence electrons. The number of nitrogens with zero attached hydrogens (tertiary/aromatic N) is 1. The van der Waals surface area contributed by atoms with Gasteiger partial charge in [-0.3, -0.25) is 4.79 Å².